The number of allylic oxidation sites excluding steroid dienone is 1. The summed E-state index contributed by atoms with van der Waals surface area (Å²) < 4.78 is 12.2. The fourth-order valence-corrected chi connectivity index (χ4v) is 9.95. The predicted molar refractivity (Wildman–Crippen MR) is 172 cm³/mol. The van der Waals surface area contributed by atoms with Crippen LogP contribution >= 0.6 is 0 Å². The first kappa shape index (κ1) is 33.4. The van der Waals surface area contributed by atoms with Crippen LogP contribution in [-0.2, 0) is 29.3 Å². The van der Waals surface area contributed by atoms with Crippen molar-refractivity contribution in [3.8, 4) is 5.75 Å². The van der Waals surface area contributed by atoms with Gasteiger partial charge < -0.3 is 14.6 Å². The summed E-state index contributed by atoms with van der Waals surface area (Å²) in [4.78, 5) is 49.4. The minimum absolute atomic E-state index is 0.0269. The van der Waals surface area contributed by atoms with Crippen molar-refractivity contribution in [2.75, 3.05) is 0 Å². The number of ether oxygens (including phenoxy) is 2. The molecule has 3 saturated carbocycles. The number of fused-ring (bicyclic) bond motifs is 5. The highest BCUT2D eigenvalue weighted by Gasteiger charge is 2.60. The van der Waals surface area contributed by atoms with Gasteiger partial charge in [0.25, 0.3) is 0 Å². The Morgan fingerprint density at radius 3 is 2.40 bits per heavy atom. The summed E-state index contributed by atoms with van der Waals surface area (Å²) in [6.07, 6.45) is 11.0. The van der Waals surface area contributed by atoms with E-state index >= 15 is 0 Å². The van der Waals surface area contributed by atoms with Crippen LogP contribution in [0.5, 0.6) is 5.75 Å². The van der Waals surface area contributed by atoms with E-state index in [-0.39, 0.29) is 47.9 Å². The minimum atomic E-state index is -0.874. The molecule has 5 rings (SSSR count). The highest BCUT2D eigenvalue weighted by molar-refractivity contribution is 5.91. The molecule has 3 fully saturated rings. The molecule has 6 atom stereocenters. The molecule has 4 aliphatic rings. The summed E-state index contributed by atoms with van der Waals surface area (Å²) in [5, 5.41) is 8.87. The van der Waals surface area contributed by atoms with Gasteiger partial charge in [-0.1, -0.05) is 39.3 Å². The maximum absolute atomic E-state index is 13.7. The number of aliphatic carboxylic acids is 1. The molecule has 0 radical (unpaired) electrons. The molecule has 0 aromatic heterocycles. The molecule has 0 amide bonds. The molecule has 7 nitrogen and oxygen atoms in total. The number of esters is 2. The Kier molecular flexibility index (Phi) is 9.41. The quantitative estimate of drug-likeness (QED) is 0.161. The Morgan fingerprint density at radius 2 is 1.67 bits per heavy atom. The molecule has 0 aliphatic heterocycles. The summed E-state index contributed by atoms with van der Waals surface area (Å²) >= 11 is 0. The van der Waals surface area contributed by atoms with Crippen LogP contribution in [0.15, 0.2) is 23.8 Å². The number of carboxylic acids is 1. The number of carbonyl (C=O) groups is 4. The summed E-state index contributed by atoms with van der Waals surface area (Å²) in [7, 11) is 0. The Hall–Kier alpha value is -2.96. The summed E-state index contributed by atoms with van der Waals surface area (Å²) in [6.45, 7) is 12.7. The van der Waals surface area contributed by atoms with E-state index in [4.69, 9.17) is 14.6 Å². The number of unbranched alkanes of at least 4 members (excludes halogenated alkanes) is 1. The first-order valence-electron chi connectivity index (χ1n) is 17.1. The molecule has 1 aromatic carbocycles. The van der Waals surface area contributed by atoms with E-state index < -0.39 is 17.4 Å². The fraction of sp³-hybridized carbons (Fsp3) is 0.684. The van der Waals surface area contributed by atoms with Crippen LogP contribution in [0.3, 0.4) is 0 Å². The average Bonchev–Trinajstić information content (AvgIpc) is 3.26. The number of rotatable bonds is 10. The van der Waals surface area contributed by atoms with E-state index in [2.05, 4.69) is 13.8 Å². The van der Waals surface area contributed by atoms with Gasteiger partial charge >= 0.3 is 17.9 Å². The fourth-order valence-electron chi connectivity index (χ4n) is 9.95. The Labute approximate surface area is 268 Å². The number of ketones is 1. The SMILES string of the molecule is Cc1cc(C)c(C(C)(C)CC(=O)O[C@H]2CC[C@H]3[C@@H]4CCC5=CC(=O)CC[C@]5(C)[C@H]4CC[C@]23C)c(OC(=O)CCCCC(=O)O)c1. The molecular formula is C38H52O7. The molecule has 0 unspecified atom stereocenters. The number of hydrogen-bond donors (Lipinski definition) is 1. The number of aryl methyl sites for hydroxylation is 2. The van der Waals surface area contributed by atoms with Crippen molar-refractivity contribution in [1.82, 2.24) is 0 Å². The topological polar surface area (TPSA) is 107 Å². The number of benzene rings is 1. The van der Waals surface area contributed by atoms with Crippen molar-refractivity contribution in [1.29, 1.82) is 0 Å². The van der Waals surface area contributed by atoms with Crippen molar-refractivity contribution in [3.63, 3.8) is 0 Å². The van der Waals surface area contributed by atoms with Gasteiger partial charge in [-0.3, -0.25) is 19.2 Å². The number of carboxylic acid groups (broad SMARTS) is 1. The van der Waals surface area contributed by atoms with Crippen LogP contribution in [0.1, 0.15) is 128 Å². The third kappa shape index (κ3) is 6.64. The normalized spacial score (nSPS) is 30.9. The van der Waals surface area contributed by atoms with Crippen LogP contribution in [-0.4, -0.2) is 34.9 Å². The number of carbonyl (C=O) groups excluding carboxylic acids is 3. The largest absolute Gasteiger partial charge is 0.481 e. The van der Waals surface area contributed by atoms with Crippen LogP contribution < -0.4 is 4.74 Å². The van der Waals surface area contributed by atoms with Crippen LogP contribution in [0.4, 0.5) is 0 Å². The number of hydrogen-bond acceptors (Lipinski definition) is 6. The van der Waals surface area contributed by atoms with Gasteiger partial charge in [-0.2, -0.15) is 0 Å². The van der Waals surface area contributed by atoms with Crippen molar-refractivity contribution in [3.05, 3.63) is 40.5 Å². The molecule has 7 heteroatoms. The van der Waals surface area contributed by atoms with Gasteiger partial charge in [0.05, 0.1) is 6.42 Å². The first-order chi connectivity index (χ1) is 21.1. The second-order valence-corrected chi connectivity index (χ2v) is 15.7. The standard InChI is InChI=1S/C38H52O7/c1-23-19-24(2)35(30(20-23)44-33(42)10-8-7-9-32(40)41)36(3,4)22-34(43)45-31-14-13-28-27-12-11-25-21-26(39)15-17-37(25,5)29(27)16-18-38(28,31)6/h19-21,27-29,31H,7-18,22H2,1-6H3,(H,40,41)/t27-,28-,29-,31-,37-,38-/m0/s1. The summed E-state index contributed by atoms with van der Waals surface area (Å²) in [6, 6.07) is 3.89. The second-order valence-electron chi connectivity index (χ2n) is 15.7. The van der Waals surface area contributed by atoms with Gasteiger partial charge in [0.2, 0.25) is 0 Å². The minimum Gasteiger partial charge on any atom is -0.481 e. The Morgan fingerprint density at radius 1 is 0.933 bits per heavy atom. The molecule has 246 valence electrons. The first-order valence-corrected chi connectivity index (χ1v) is 17.1. The molecule has 4 aliphatic carbocycles. The molecule has 0 spiro atoms. The van der Waals surface area contributed by atoms with Crippen LogP contribution in [0, 0.1) is 42.4 Å². The third-order valence-corrected chi connectivity index (χ3v) is 12.1. The summed E-state index contributed by atoms with van der Waals surface area (Å²) in [5.41, 5.74) is 3.57. The lowest BCUT2D eigenvalue weighted by molar-refractivity contribution is -0.161. The molecule has 0 bridgehead atoms. The molecule has 0 saturated heterocycles. The molecule has 45 heavy (non-hydrogen) atoms. The molecular weight excluding hydrogens is 568 g/mol. The molecule has 1 aromatic rings. The van der Waals surface area contributed by atoms with E-state index in [1.807, 2.05) is 45.9 Å². The van der Waals surface area contributed by atoms with Gasteiger partial charge in [0.15, 0.2) is 5.78 Å². The summed E-state index contributed by atoms with van der Waals surface area (Å²) in [5.74, 6) is 0.992. The predicted octanol–water partition coefficient (Wildman–Crippen LogP) is 7.97. The van der Waals surface area contributed by atoms with Gasteiger partial charge in [-0.25, -0.2) is 0 Å². The molecule has 0 heterocycles. The smallest absolute Gasteiger partial charge is 0.311 e. The van der Waals surface area contributed by atoms with E-state index in [1.165, 1.54) is 5.57 Å². The lowest BCUT2D eigenvalue weighted by Gasteiger charge is -2.57. The second kappa shape index (κ2) is 12.7. The molecule has 1 N–H and O–H groups in total. The highest BCUT2D eigenvalue weighted by Crippen LogP contribution is 2.65. The van der Waals surface area contributed by atoms with Crippen molar-refractivity contribution in [2.45, 2.75) is 137 Å². The van der Waals surface area contributed by atoms with E-state index in [9.17, 15) is 19.2 Å². The lowest BCUT2D eigenvalue weighted by atomic mass is 9.47. The maximum Gasteiger partial charge on any atom is 0.311 e. The van der Waals surface area contributed by atoms with Crippen LogP contribution in [0.25, 0.3) is 0 Å². The lowest BCUT2D eigenvalue weighted by Crippen LogP contribution is -2.51. The van der Waals surface area contributed by atoms with Crippen molar-refractivity contribution in [2.24, 2.45) is 28.6 Å². The third-order valence-electron chi connectivity index (χ3n) is 12.1. The monoisotopic (exact) mass is 620 g/mol. The van der Waals surface area contributed by atoms with Crippen molar-refractivity contribution < 1.29 is 33.8 Å². The van der Waals surface area contributed by atoms with E-state index in [1.54, 1.807) is 0 Å². The van der Waals surface area contributed by atoms with Gasteiger partial charge in [-0.15, -0.1) is 0 Å². The van der Waals surface area contributed by atoms with Gasteiger partial charge in [0.1, 0.15) is 11.9 Å². The highest BCUT2D eigenvalue weighted by atomic mass is 16.5. The van der Waals surface area contributed by atoms with E-state index in [0.29, 0.717) is 42.8 Å². The zero-order valence-corrected chi connectivity index (χ0v) is 28.1. The zero-order valence-electron chi connectivity index (χ0n) is 28.1. The average molecular weight is 621 g/mol. The Balaban J connectivity index is 1.26. The Bertz CT molecular complexity index is 1390. The van der Waals surface area contributed by atoms with Gasteiger partial charge in [0, 0.05) is 35.7 Å². The van der Waals surface area contributed by atoms with Gasteiger partial charge in [-0.05, 0) is 118 Å². The van der Waals surface area contributed by atoms with Crippen LogP contribution in [0.2, 0.25) is 0 Å². The van der Waals surface area contributed by atoms with Crippen molar-refractivity contribution >= 4 is 23.7 Å². The van der Waals surface area contributed by atoms with E-state index in [0.717, 1.165) is 61.6 Å². The maximum atomic E-state index is 13.7. The zero-order chi connectivity index (χ0) is 32.7.